The van der Waals surface area contributed by atoms with Gasteiger partial charge in [-0.2, -0.15) is 9.50 Å². The minimum atomic E-state index is -0.584. The van der Waals surface area contributed by atoms with Crippen LogP contribution in [0, 0.1) is 5.41 Å². The number of aromatic hydroxyl groups is 1. The minimum absolute atomic E-state index is 0.0562. The van der Waals surface area contributed by atoms with E-state index in [-0.39, 0.29) is 17.0 Å². The molecule has 0 aliphatic heterocycles. The number of nitrogens with one attached hydrogen (secondary N) is 1. The maximum atomic E-state index is 13.2. The van der Waals surface area contributed by atoms with Gasteiger partial charge in [0.25, 0.3) is 11.5 Å². The van der Waals surface area contributed by atoms with Crippen molar-refractivity contribution in [2.24, 2.45) is 5.41 Å². The zero-order chi connectivity index (χ0) is 20.2. The second-order valence-corrected chi connectivity index (χ2v) is 8.36. The number of amides is 1. The number of fused-ring (bicyclic) bond motifs is 3. The Morgan fingerprint density at radius 1 is 1.36 bits per heavy atom. The molecule has 0 saturated heterocycles. The zero-order valence-electron chi connectivity index (χ0n) is 16.3. The van der Waals surface area contributed by atoms with E-state index in [0.29, 0.717) is 29.1 Å². The summed E-state index contributed by atoms with van der Waals surface area (Å²) in [7, 11) is 1.50. The van der Waals surface area contributed by atoms with Gasteiger partial charge >= 0.3 is 0 Å². The van der Waals surface area contributed by atoms with Gasteiger partial charge in [-0.1, -0.05) is 20.8 Å². The molecule has 0 bridgehead atoms. The SMILES string of the molecule is COc1ccc2c(n1)nn1c(O)c(C(=O)NC3CC3)c(=O)n(CC(C)(C)C)c21. The molecule has 1 aliphatic rings. The van der Waals surface area contributed by atoms with Crippen molar-refractivity contribution in [3.05, 3.63) is 28.0 Å². The molecule has 2 N–H and O–H groups in total. The van der Waals surface area contributed by atoms with Crippen LogP contribution in [0.25, 0.3) is 16.7 Å². The molecule has 9 heteroatoms. The van der Waals surface area contributed by atoms with Crippen LogP contribution in [0.3, 0.4) is 0 Å². The van der Waals surface area contributed by atoms with Crippen molar-refractivity contribution in [2.45, 2.75) is 46.2 Å². The lowest BCUT2D eigenvalue weighted by atomic mass is 9.96. The Bertz CT molecular complexity index is 1150. The molecule has 28 heavy (non-hydrogen) atoms. The number of carbonyl (C=O) groups is 1. The van der Waals surface area contributed by atoms with Crippen molar-refractivity contribution < 1.29 is 14.6 Å². The van der Waals surface area contributed by atoms with Gasteiger partial charge < -0.3 is 15.2 Å². The second-order valence-electron chi connectivity index (χ2n) is 8.36. The summed E-state index contributed by atoms with van der Waals surface area (Å²) in [6.45, 7) is 6.32. The van der Waals surface area contributed by atoms with Crippen molar-refractivity contribution in [1.29, 1.82) is 0 Å². The molecule has 0 radical (unpaired) electrons. The maximum absolute atomic E-state index is 13.2. The highest BCUT2D eigenvalue weighted by atomic mass is 16.5. The minimum Gasteiger partial charge on any atom is -0.492 e. The van der Waals surface area contributed by atoms with Crippen LogP contribution in [-0.4, -0.2) is 43.3 Å². The van der Waals surface area contributed by atoms with E-state index in [0.717, 1.165) is 12.8 Å². The molecule has 4 rings (SSSR count). The van der Waals surface area contributed by atoms with Gasteiger partial charge in [0, 0.05) is 18.7 Å². The molecule has 1 amide bonds. The Labute approximate surface area is 160 Å². The summed E-state index contributed by atoms with van der Waals surface area (Å²) < 4.78 is 7.85. The van der Waals surface area contributed by atoms with E-state index < -0.39 is 17.3 Å². The number of hydrogen-bond donors (Lipinski definition) is 2. The van der Waals surface area contributed by atoms with E-state index in [2.05, 4.69) is 15.4 Å². The normalized spacial score (nSPS) is 14.6. The van der Waals surface area contributed by atoms with Crippen LogP contribution in [-0.2, 0) is 6.54 Å². The summed E-state index contributed by atoms with van der Waals surface area (Å²) >= 11 is 0. The van der Waals surface area contributed by atoms with Crippen molar-refractivity contribution in [3.63, 3.8) is 0 Å². The van der Waals surface area contributed by atoms with Gasteiger partial charge in [0.1, 0.15) is 0 Å². The standard InChI is InChI=1S/C19H23N5O4/c1-19(2,3)9-23-16-11-7-8-12(28-4)21-14(11)22-24(16)18(27)13(17(23)26)15(25)20-10-5-6-10/h7-8,10,27H,5-6,9H2,1-4H3,(H,20,25). The summed E-state index contributed by atoms with van der Waals surface area (Å²) in [5.74, 6) is -0.702. The first kappa shape index (κ1) is 18.3. The van der Waals surface area contributed by atoms with Crippen LogP contribution >= 0.6 is 0 Å². The van der Waals surface area contributed by atoms with Gasteiger partial charge in [-0.3, -0.25) is 14.2 Å². The first-order valence-corrected chi connectivity index (χ1v) is 9.20. The fourth-order valence-electron chi connectivity index (χ4n) is 3.20. The summed E-state index contributed by atoms with van der Waals surface area (Å²) in [5, 5.41) is 18.4. The molecule has 1 aliphatic carbocycles. The lowest BCUT2D eigenvalue weighted by Crippen LogP contribution is -2.37. The summed E-state index contributed by atoms with van der Waals surface area (Å²) in [6, 6.07) is 3.47. The number of pyridine rings is 1. The first-order chi connectivity index (χ1) is 13.2. The largest absolute Gasteiger partial charge is 0.492 e. The van der Waals surface area contributed by atoms with Gasteiger partial charge in [-0.05, 0) is 24.3 Å². The molecule has 3 heterocycles. The first-order valence-electron chi connectivity index (χ1n) is 9.20. The summed E-state index contributed by atoms with van der Waals surface area (Å²) in [4.78, 5) is 30.2. The van der Waals surface area contributed by atoms with E-state index in [4.69, 9.17) is 4.74 Å². The topological polar surface area (TPSA) is 111 Å². The van der Waals surface area contributed by atoms with Crippen LogP contribution < -0.4 is 15.6 Å². The smallest absolute Gasteiger partial charge is 0.270 e. The molecule has 0 unspecified atom stereocenters. The number of methoxy groups -OCH3 is 1. The molecule has 0 atom stereocenters. The number of aromatic nitrogens is 4. The predicted octanol–water partition coefficient (Wildman–Crippen LogP) is 1.70. The number of nitrogens with zero attached hydrogens (tertiary/aromatic N) is 4. The van der Waals surface area contributed by atoms with E-state index in [1.165, 1.54) is 16.2 Å². The molecular weight excluding hydrogens is 362 g/mol. The predicted molar refractivity (Wildman–Crippen MR) is 103 cm³/mol. The Morgan fingerprint density at radius 2 is 2.07 bits per heavy atom. The molecule has 0 spiro atoms. The monoisotopic (exact) mass is 385 g/mol. The highest BCUT2D eigenvalue weighted by Crippen LogP contribution is 2.28. The fraction of sp³-hybridized carbons (Fsp3) is 0.474. The Balaban J connectivity index is 2.04. The third-order valence-corrected chi connectivity index (χ3v) is 4.61. The van der Waals surface area contributed by atoms with Crippen LogP contribution in [0.5, 0.6) is 11.8 Å². The van der Waals surface area contributed by atoms with Crippen molar-refractivity contribution in [3.8, 4) is 11.8 Å². The average Bonchev–Trinajstić information content (AvgIpc) is 3.34. The van der Waals surface area contributed by atoms with Crippen LogP contribution in [0.4, 0.5) is 0 Å². The van der Waals surface area contributed by atoms with Crippen molar-refractivity contribution >= 4 is 22.6 Å². The summed E-state index contributed by atoms with van der Waals surface area (Å²) in [6.07, 6.45) is 1.75. The molecule has 3 aromatic heterocycles. The lowest BCUT2D eigenvalue weighted by molar-refractivity contribution is 0.0944. The van der Waals surface area contributed by atoms with Gasteiger partial charge in [0.2, 0.25) is 11.8 Å². The van der Waals surface area contributed by atoms with E-state index >= 15 is 0 Å². The van der Waals surface area contributed by atoms with E-state index in [9.17, 15) is 14.7 Å². The average molecular weight is 385 g/mol. The Morgan fingerprint density at radius 3 is 2.68 bits per heavy atom. The number of hydrogen-bond acceptors (Lipinski definition) is 6. The van der Waals surface area contributed by atoms with Gasteiger partial charge in [-0.15, -0.1) is 5.10 Å². The van der Waals surface area contributed by atoms with E-state index in [1.54, 1.807) is 12.1 Å². The van der Waals surface area contributed by atoms with Crippen LogP contribution in [0.1, 0.15) is 44.0 Å². The molecule has 1 saturated carbocycles. The molecule has 3 aromatic rings. The third kappa shape index (κ3) is 3.06. The van der Waals surface area contributed by atoms with Gasteiger partial charge in [-0.25, -0.2) is 0 Å². The zero-order valence-corrected chi connectivity index (χ0v) is 16.3. The lowest BCUT2D eigenvalue weighted by Gasteiger charge is -2.21. The van der Waals surface area contributed by atoms with Crippen LogP contribution in [0.15, 0.2) is 16.9 Å². The quantitative estimate of drug-likeness (QED) is 0.707. The van der Waals surface area contributed by atoms with Gasteiger partial charge in [0.15, 0.2) is 16.9 Å². The van der Waals surface area contributed by atoms with Crippen molar-refractivity contribution in [1.82, 2.24) is 24.5 Å². The van der Waals surface area contributed by atoms with Gasteiger partial charge in [0.05, 0.1) is 12.5 Å². The molecule has 0 aromatic carbocycles. The fourth-order valence-corrected chi connectivity index (χ4v) is 3.20. The summed E-state index contributed by atoms with van der Waals surface area (Å²) in [5.41, 5.74) is -0.386. The van der Waals surface area contributed by atoms with Crippen molar-refractivity contribution in [2.75, 3.05) is 7.11 Å². The van der Waals surface area contributed by atoms with E-state index in [1.807, 2.05) is 20.8 Å². The number of ether oxygens (including phenoxy) is 1. The van der Waals surface area contributed by atoms with Crippen LogP contribution in [0.2, 0.25) is 0 Å². The molecule has 148 valence electrons. The Kier molecular flexibility index (Phi) is 4.06. The maximum Gasteiger partial charge on any atom is 0.270 e. The third-order valence-electron chi connectivity index (χ3n) is 4.61. The molecule has 9 nitrogen and oxygen atoms in total. The highest BCUT2D eigenvalue weighted by Gasteiger charge is 2.30. The second kappa shape index (κ2) is 6.22. The molecule has 1 fully saturated rings. The number of carbonyl (C=O) groups excluding carboxylic acids is 1. The molecular formula is C19H23N5O4. The number of rotatable bonds is 4. The highest BCUT2D eigenvalue weighted by molar-refractivity contribution is 5.98. The Hall–Kier alpha value is -3.10.